The van der Waals surface area contributed by atoms with E-state index in [-0.39, 0.29) is 23.7 Å². The lowest BCUT2D eigenvalue weighted by Gasteiger charge is -2.33. The predicted octanol–water partition coefficient (Wildman–Crippen LogP) is 1.79. The Morgan fingerprint density at radius 1 is 1.12 bits per heavy atom. The van der Waals surface area contributed by atoms with Crippen molar-refractivity contribution in [2.75, 3.05) is 32.8 Å². The number of piperazine rings is 1. The summed E-state index contributed by atoms with van der Waals surface area (Å²) in [5.74, 6) is -0.763. The first-order valence-electron chi connectivity index (χ1n) is 7.89. The molecular weight excluding hydrogens is 331 g/mol. The molecule has 1 fully saturated rings. The smallest absolute Gasteiger partial charge is 0.409 e. The molecule has 8 nitrogen and oxygen atoms in total. The molecule has 0 bridgehead atoms. The van der Waals surface area contributed by atoms with Gasteiger partial charge in [0.1, 0.15) is 5.82 Å². The summed E-state index contributed by atoms with van der Waals surface area (Å²) in [4.78, 5) is 27.2. The number of rotatable bonds is 3. The van der Waals surface area contributed by atoms with E-state index in [2.05, 4.69) is 10.2 Å². The van der Waals surface area contributed by atoms with Crippen LogP contribution < -0.4 is 0 Å². The van der Waals surface area contributed by atoms with E-state index in [4.69, 9.17) is 9.15 Å². The molecule has 0 radical (unpaired) electrons. The second kappa shape index (κ2) is 7.29. The van der Waals surface area contributed by atoms with E-state index in [1.54, 1.807) is 11.8 Å². The van der Waals surface area contributed by atoms with E-state index in [1.165, 1.54) is 29.2 Å². The van der Waals surface area contributed by atoms with Crippen LogP contribution in [-0.4, -0.2) is 64.8 Å². The fraction of sp³-hybridized carbons (Fsp3) is 0.375. The SMILES string of the molecule is CCOC(=O)N1CCN(C(=O)c2nnc(-c3ccc(F)cc3)o2)CC1. The number of carbonyl (C=O) groups excluding carboxylic acids is 2. The third-order valence-corrected chi connectivity index (χ3v) is 3.79. The summed E-state index contributed by atoms with van der Waals surface area (Å²) in [6.07, 6.45) is -0.383. The topological polar surface area (TPSA) is 88.8 Å². The molecule has 132 valence electrons. The Morgan fingerprint density at radius 3 is 2.40 bits per heavy atom. The van der Waals surface area contributed by atoms with Gasteiger partial charge in [-0.15, -0.1) is 10.2 Å². The van der Waals surface area contributed by atoms with E-state index >= 15 is 0 Å². The van der Waals surface area contributed by atoms with Crippen LogP contribution in [0, 0.1) is 5.82 Å². The Hall–Kier alpha value is -2.97. The van der Waals surface area contributed by atoms with Gasteiger partial charge in [-0.2, -0.15) is 0 Å². The van der Waals surface area contributed by atoms with Crippen molar-refractivity contribution >= 4 is 12.0 Å². The molecule has 0 aliphatic carbocycles. The monoisotopic (exact) mass is 348 g/mol. The maximum absolute atomic E-state index is 13.0. The molecule has 9 heteroatoms. The molecule has 0 unspecified atom stereocenters. The first-order chi connectivity index (χ1) is 12.1. The molecule has 25 heavy (non-hydrogen) atoms. The minimum absolute atomic E-state index is 0.135. The van der Waals surface area contributed by atoms with Crippen LogP contribution in [0.1, 0.15) is 17.6 Å². The van der Waals surface area contributed by atoms with Gasteiger partial charge >= 0.3 is 17.9 Å². The van der Waals surface area contributed by atoms with Crippen molar-refractivity contribution in [2.24, 2.45) is 0 Å². The average molecular weight is 348 g/mol. The van der Waals surface area contributed by atoms with Crippen LogP contribution in [0.4, 0.5) is 9.18 Å². The molecule has 0 spiro atoms. The van der Waals surface area contributed by atoms with Gasteiger partial charge in [0.25, 0.3) is 0 Å². The normalized spacial score (nSPS) is 14.5. The van der Waals surface area contributed by atoms with Crippen molar-refractivity contribution in [2.45, 2.75) is 6.92 Å². The molecule has 0 saturated carbocycles. The van der Waals surface area contributed by atoms with Gasteiger partial charge in [0, 0.05) is 31.7 Å². The summed E-state index contributed by atoms with van der Waals surface area (Å²) in [7, 11) is 0. The highest BCUT2D eigenvalue weighted by atomic mass is 19.1. The summed E-state index contributed by atoms with van der Waals surface area (Å²) < 4.78 is 23.3. The maximum atomic E-state index is 13.0. The molecule has 1 aromatic heterocycles. The Balaban J connectivity index is 1.63. The highest BCUT2D eigenvalue weighted by molar-refractivity contribution is 5.90. The van der Waals surface area contributed by atoms with Crippen LogP contribution in [0.5, 0.6) is 0 Å². The number of ether oxygens (including phenoxy) is 1. The molecule has 0 atom stereocenters. The lowest BCUT2D eigenvalue weighted by molar-refractivity contribution is 0.0540. The molecule has 2 amide bonds. The third kappa shape index (κ3) is 3.76. The number of hydrogen-bond acceptors (Lipinski definition) is 6. The molecule has 1 aliphatic rings. The number of aromatic nitrogens is 2. The van der Waals surface area contributed by atoms with Gasteiger partial charge in [0.2, 0.25) is 5.89 Å². The Morgan fingerprint density at radius 2 is 1.76 bits per heavy atom. The fourth-order valence-corrected chi connectivity index (χ4v) is 2.46. The van der Waals surface area contributed by atoms with Gasteiger partial charge in [-0.05, 0) is 31.2 Å². The third-order valence-electron chi connectivity index (χ3n) is 3.79. The quantitative estimate of drug-likeness (QED) is 0.840. The molecular formula is C16H17FN4O4. The second-order valence-corrected chi connectivity index (χ2v) is 5.40. The van der Waals surface area contributed by atoms with Crippen molar-refractivity contribution in [3.63, 3.8) is 0 Å². The zero-order valence-electron chi connectivity index (χ0n) is 13.6. The molecule has 2 heterocycles. The minimum atomic E-state index is -0.399. The standard InChI is InChI=1S/C16H17FN4O4/c1-2-24-16(23)21-9-7-20(8-10-21)15(22)14-19-18-13(25-14)11-3-5-12(17)6-4-11/h3-6H,2,7-10H2,1H3. The van der Waals surface area contributed by atoms with Gasteiger partial charge in [-0.25, -0.2) is 9.18 Å². The van der Waals surface area contributed by atoms with Crippen molar-refractivity contribution in [1.82, 2.24) is 20.0 Å². The lowest BCUT2D eigenvalue weighted by atomic mass is 10.2. The molecule has 1 aliphatic heterocycles. The first kappa shape index (κ1) is 16.9. The Bertz CT molecular complexity index is 754. The van der Waals surface area contributed by atoms with Crippen LogP contribution in [0.15, 0.2) is 28.7 Å². The lowest BCUT2D eigenvalue weighted by Crippen LogP contribution is -2.50. The molecule has 3 rings (SSSR count). The Kier molecular flexibility index (Phi) is 4.92. The molecule has 1 aromatic carbocycles. The van der Waals surface area contributed by atoms with Gasteiger partial charge < -0.3 is 19.0 Å². The van der Waals surface area contributed by atoms with Crippen LogP contribution in [-0.2, 0) is 4.74 Å². The number of amides is 2. The number of carbonyl (C=O) groups is 2. The summed E-state index contributed by atoms with van der Waals surface area (Å²) in [6.45, 7) is 3.52. The number of hydrogen-bond donors (Lipinski definition) is 0. The van der Waals surface area contributed by atoms with Gasteiger partial charge in [0.05, 0.1) is 6.61 Å². The van der Waals surface area contributed by atoms with Crippen molar-refractivity contribution in [3.8, 4) is 11.5 Å². The fourth-order valence-electron chi connectivity index (χ4n) is 2.46. The maximum Gasteiger partial charge on any atom is 0.409 e. The van der Waals surface area contributed by atoms with Crippen LogP contribution in [0.3, 0.4) is 0 Å². The molecule has 2 aromatic rings. The van der Waals surface area contributed by atoms with Gasteiger partial charge in [-0.3, -0.25) is 4.79 Å². The van der Waals surface area contributed by atoms with E-state index in [0.717, 1.165) is 0 Å². The highest BCUT2D eigenvalue weighted by Crippen LogP contribution is 2.19. The van der Waals surface area contributed by atoms with Gasteiger partial charge in [-0.1, -0.05) is 0 Å². The predicted molar refractivity (Wildman–Crippen MR) is 84.2 cm³/mol. The highest BCUT2D eigenvalue weighted by Gasteiger charge is 2.28. The zero-order valence-corrected chi connectivity index (χ0v) is 13.6. The molecule has 1 saturated heterocycles. The summed E-state index contributed by atoms with van der Waals surface area (Å²) in [6, 6.07) is 5.54. The summed E-state index contributed by atoms with van der Waals surface area (Å²) in [5, 5.41) is 7.60. The van der Waals surface area contributed by atoms with E-state index in [9.17, 15) is 14.0 Å². The molecule has 0 N–H and O–H groups in total. The van der Waals surface area contributed by atoms with Crippen LogP contribution >= 0.6 is 0 Å². The second-order valence-electron chi connectivity index (χ2n) is 5.40. The number of nitrogens with zero attached hydrogens (tertiary/aromatic N) is 4. The van der Waals surface area contributed by atoms with E-state index < -0.39 is 5.91 Å². The average Bonchev–Trinajstić information content (AvgIpc) is 3.12. The van der Waals surface area contributed by atoms with E-state index in [1.807, 2.05) is 0 Å². The minimum Gasteiger partial charge on any atom is -0.450 e. The number of halogens is 1. The zero-order chi connectivity index (χ0) is 17.8. The largest absolute Gasteiger partial charge is 0.450 e. The van der Waals surface area contributed by atoms with Crippen molar-refractivity contribution in [1.29, 1.82) is 0 Å². The number of benzene rings is 1. The van der Waals surface area contributed by atoms with Crippen LogP contribution in [0.2, 0.25) is 0 Å². The Labute approximate surface area is 143 Å². The van der Waals surface area contributed by atoms with Crippen LogP contribution in [0.25, 0.3) is 11.5 Å². The van der Waals surface area contributed by atoms with Crippen molar-refractivity contribution < 1.29 is 23.1 Å². The first-order valence-corrected chi connectivity index (χ1v) is 7.89. The van der Waals surface area contributed by atoms with Gasteiger partial charge in [0.15, 0.2) is 0 Å². The van der Waals surface area contributed by atoms with Crippen molar-refractivity contribution in [3.05, 3.63) is 36.0 Å². The summed E-state index contributed by atoms with van der Waals surface area (Å²) >= 11 is 0. The summed E-state index contributed by atoms with van der Waals surface area (Å²) in [5.41, 5.74) is 0.528. The van der Waals surface area contributed by atoms with E-state index in [0.29, 0.717) is 38.3 Å².